The molecule has 0 rings (SSSR count). The topological polar surface area (TPSA) is 60.7 Å². The summed E-state index contributed by atoms with van der Waals surface area (Å²) >= 11 is 3.60. The quantitative estimate of drug-likeness (QED) is 0.438. The highest BCUT2D eigenvalue weighted by atomic mass is 32.5. The van der Waals surface area contributed by atoms with Crippen molar-refractivity contribution in [3.63, 3.8) is 0 Å². The van der Waals surface area contributed by atoms with Crippen molar-refractivity contribution in [3.05, 3.63) is 0 Å². The highest BCUT2D eigenvalue weighted by molar-refractivity contribution is 8.06. The fourth-order valence-electron chi connectivity index (χ4n) is 0. The van der Waals surface area contributed by atoms with Gasteiger partial charge in [0.25, 0.3) is 0 Å². The molecule has 0 aliphatic rings. The molecule has 0 radical (unpaired) electrons. The van der Waals surface area contributed by atoms with Gasteiger partial charge in [-0.15, -0.1) is 0 Å². The van der Waals surface area contributed by atoms with Gasteiger partial charge in [0.05, 0.1) is 0 Å². The molecule has 0 aliphatic heterocycles. The summed E-state index contributed by atoms with van der Waals surface area (Å²) < 4.78 is 0. The third-order valence-corrected chi connectivity index (χ3v) is 0. The monoisotopic (exact) mass is 182 g/mol. The normalized spacial score (nSPS) is 8.43. The molecule has 0 aromatic heterocycles. The Bertz CT molecular complexity index is 56.3. The Morgan fingerprint density at radius 3 is 1.00 bits per heavy atom. The molecule has 0 atom stereocenters. The van der Waals surface area contributed by atoms with Gasteiger partial charge in [-0.2, -0.15) is 27.0 Å². The van der Waals surface area contributed by atoms with E-state index < -0.39 is 6.72 Å². The van der Waals surface area contributed by atoms with Crippen molar-refractivity contribution in [2.75, 3.05) is 0 Å². The Morgan fingerprint density at radius 1 is 1.00 bits per heavy atom. The van der Waals surface area contributed by atoms with Gasteiger partial charge in [-0.1, -0.05) is 0 Å². The smallest absolute Gasteiger partial charge is 0.319 e. The Balaban J connectivity index is -0.0000000800. The maximum atomic E-state index is 7.56. The standard InChI is InChI=1S/H3O3PS.2H2S/c1-4(2,3)5;;/h(H3,1,2,3,5);2*1H2. The first-order valence-corrected chi connectivity index (χ1v) is 3.44. The van der Waals surface area contributed by atoms with Gasteiger partial charge in [0.1, 0.15) is 0 Å². The average Bonchev–Trinajstić information content (AvgIpc) is 0.722. The molecule has 0 saturated heterocycles. The van der Waals surface area contributed by atoms with Gasteiger partial charge >= 0.3 is 6.72 Å². The Kier molecular flexibility index (Phi) is 12.1. The molecule has 48 valence electrons. The van der Waals surface area contributed by atoms with Crippen LogP contribution in [0.25, 0.3) is 0 Å². The zero-order chi connectivity index (χ0) is 4.50. The molecule has 0 bridgehead atoms. The Labute approximate surface area is 60.5 Å². The van der Waals surface area contributed by atoms with E-state index in [0.717, 1.165) is 0 Å². The molecule has 0 spiro atoms. The van der Waals surface area contributed by atoms with Gasteiger partial charge in [-0.05, 0) is 11.8 Å². The molecule has 0 heterocycles. The van der Waals surface area contributed by atoms with E-state index in [1.165, 1.54) is 0 Å². The molecule has 0 aromatic carbocycles. The van der Waals surface area contributed by atoms with Crippen LogP contribution < -0.4 is 0 Å². The van der Waals surface area contributed by atoms with Crippen molar-refractivity contribution < 1.29 is 14.7 Å². The largest absolute Gasteiger partial charge is 0.325 e. The van der Waals surface area contributed by atoms with Crippen LogP contribution in [0.4, 0.5) is 0 Å². The van der Waals surface area contributed by atoms with Crippen LogP contribution in [0.5, 0.6) is 0 Å². The van der Waals surface area contributed by atoms with Crippen molar-refractivity contribution in [1.29, 1.82) is 0 Å². The summed E-state index contributed by atoms with van der Waals surface area (Å²) in [5, 5.41) is 0. The first-order chi connectivity index (χ1) is 2.00. The molecule has 0 fully saturated rings. The third-order valence-electron chi connectivity index (χ3n) is 0. The van der Waals surface area contributed by atoms with Crippen molar-refractivity contribution in [1.82, 2.24) is 0 Å². The van der Waals surface area contributed by atoms with Crippen molar-refractivity contribution >= 4 is 45.5 Å². The molecule has 0 amide bonds. The summed E-state index contributed by atoms with van der Waals surface area (Å²) in [5.74, 6) is 0. The lowest BCUT2D eigenvalue weighted by molar-refractivity contribution is 0.363. The molecule has 0 aromatic rings. The summed E-state index contributed by atoms with van der Waals surface area (Å²) in [4.78, 5) is 22.7. The summed E-state index contributed by atoms with van der Waals surface area (Å²) in [7, 11) is 0. The second kappa shape index (κ2) is 5.37. The zero-order valence-electron chi connectivity index (χ0n) is 3.20. The fourth-order valence-corrected chi connectivity index (χ4v) is 0. The zero-order valence-corrected chi connectivity index (χ0v) is 6.91. The van der Waals surface area contributed by atoms with E-state index in [2.05, 4.69) is 11.8 Å². The molecule has 0 saturated carbocycles. The number of hydrogen-bond donors (Lipinski definition) is 3. The average molecular weight is 182 g/mol. The first kappa shape index (κ1) is 15.7. The van der Waals surface area contributed by atoms with Crippen LogP contribution in [-0.4, -0.2) is 14.7 Å². The van der Waals surface area contributed by atoms with Crippen molar-refractivity contribution in [2.24, 2.45) is 0 Å². The van der Waals surface area contributed by atoms with Crippen LogP contribution in [0.3, 0.4) is 0 Å². The lowest BCUT2D eigenvalue weighted by Crippen LogP contribution is -1.65. The summed E-state index contributed by atoms with van der Waals surface area (Å²) in [5.41, 5.74) is 0. The summed E-state index contributed by atoms with van der Waals surface area (Å²) in [6.07, 6.45) is 0. The van der Waals surface area contributed by atoms with E-state index in [1.807, 2.05) is 0 Å². The minimum atomic E-state index is -3.81. The fraction of sp³-hybridized carbons (Fsp3) is 0. The van der Waals surface area contributed by atoms with Crippen molar-refractivity contribution in [2.45, 2.75) is 0 Å². The van der Waals surface area contributed by atoms with Gasteiger partial charge in [-0.25, -0.2) is 0 Å². The minimum Gasteiger partial charge on any atom is -0.325 e. The lowest BCUT2D eigenvalue weighted by atomic mass is 15.8. The van der Waals surface area contributed by atoms with Crippen LogP contribution >= 0.6 is 33.7 Å². The Hall–Kier alpha value is 1.23. The van der Waals surface area contributed by atoms with Gasteiger partial charge in [-0.3, -0.25) is 0 Å². The second-order valence-electron chi connectivity index (χ2n) is 0.513. The van der Waals surface area contributed by atoms with Gasteiger partial charge in [0, 0.05) is 0 Å². The molecule has 0 aliphatic carbocycles. The van der Waals surface area contributed by atoms with E-state index in [1.54, 1.807) is 0 Å². The van der Waals surface area contributed by atoms with Crippen LogP contribution in [0.1, 0.15) is 0 Å². The Morgan fingerprint density at radius 2 is 1.00 bits per heavy atom. The minimum absolute atomic E-state index is 0. The van der Waals surface area contributed by atoms with Crippen LogP contribution in [0.15, 0.2) is 0 Å². The molecular formula is H7O3PS3. The highest BCUT2D eigenvalue weighted by Gasteiger charge is 1.92. The summed E-state index contributed by atoms with van der Waals surface area (Å²) in [6, 6.07) is 0. The van der Waals surface area contributed by atoms with E-state index in [9.17, 15) is 0 Å². The van der Waals surface area contributed by atoms with Crippen molar-refractivity contribution in [3.8, 4) is 0 Å². The molecule has 3 nitrogen and oxygen atoms in total. The molecule has 3 N–H and O–H groups in total. The number of rotatable bonds is 0. The predicted molar refractivity (Wildman–Crippen MR) is 41.7 cm³/mol. The molecule has 7 heteroatoms. The van der Waals surface area contributed by atoms with Crippen LogP contribution in [0, 0.1) is 0 Å². The van der Waals surface area contributed by atoms with E-state index >= 15 is 0 Å². The van der Waals surface area contributed by atoms with E-state index in [-0.39, 0.29) is 27.0 Å². The van der Waals surface area contributed by atoms with E-state index in [4.69, 9.17) is 14.7 Å². The summed E-state index contributed by atoms with van der Waals surface area (Å²) in [6.45, 7) is -3.81. The lowest BCUT2D eigenvalue weighted by Gasteiger charge is -1.88. The first-order valence-electron chi connectivity index (χ1n) is 0.783. The molecular weight excluding hydrogens is 175 g/mol. The SMILES string of the molecule is OP(O)(O)=S.S.S. The van der Waals surface area contributed by atoms with Gasteiger partial charge in [0.2, 0.25) is 0 Å². The maximum absolute atomic E-state index is 7.56. The van der Waals surface area contributed by atoms with Crippen LogP contribution in [-0.2, 0) is 11.8 Å². The van der Waals surface area contributed by atoms with Crippen LogP contribution in [0.2, 0.25) is 0 Å². The predicted octanol–water partition coefficient (Wildman–Crippen LogP) is -0.587. The molecule has 7 heavy (non-hydrogen) atoms. The maximum Gasteiger partial charge on any atom is 0.319 e. The van der Waals surface area contributed by atoms with Gasteiger partial charge in [0.15, 0.2) is 0 Å². The number of hydrogen-bond acceptors (Lipinski definition) is 1. The van der Waals surface area contributed by atoms with Gasteiger partial charge < -0.3 is 14.7 Å². The van der Waals surface area contributed by atoms with E-state index in [0.29, 0.717) is 0 Å². The third kappa shape index (κ3) is 131. The molecule has 0 unspecified atom stereocenters. The highest BCUT2D eigenvalue weighted by Crippen LogP contribution is 2.26. The second-order valence-corrected chi connectivity index (χ2v) is 3.01.